The first-order valence-electron chi connectivity index (χ1n) is 6.29. The van der Waals surface area contributed by atoms with Crippen molar-refractivity contribution in [3.63, 3.8) is 0 Å². The van der Waals surface area contributed by atoms with E-state index in [0.717, 1.165) is 6.42 Å². The molecule has 0 aliphatic heterocycles. The smallest absolute Gasteiger partial charge is 0.105 e. The number of nitrogens with one attached hydrogen (secondary N) is 1. The molecule has 92 valence electrons. The second kappa shape index (κ2) is 5.16. The molecular formula is C13H25N3. The number of nitrogens with zero attached hydrogens (tertiary/aromatic N) is 2. The summed E-state index contributed by atoms with van der Waals surface area (Å²) in [5, 5.41) is 12.8. The van der Waals surface area contributed by atoms with Gasteiger partial charge in [-0.3, -0.25) is 5.32 Å². The van der Waals surface area contributed by atoms with Gasteiger partial charge in [0.1, 0.15) is 5.54 Å². The Morgan fingerprint density at radius 3 is 2.38 bits per heavy atom. The largest absolute Gasteiger partial charge is 0.301 e. The Labute approximate surface area is 99.8 Å². The molecule has 1 rings (SSSR count). The summed E-state index contributed by atoms with van der Waals surface area (Å²) >= 11 is 0. The molecule has 0 aromatic carbocycles. The van der Waals surface area contributed by atoms with Crippen LogP contribution in [0.2, 0.25) is 0 Å². The molecule has 2 unspecified atom stereocenters. The lowest BCUT2D eigenvalue weighted by molar-refractivity contribution is 0.175. The third-order valence-electron chi connectivity index (χ3n) is 3.56. The van der Waals surface area contributed by atoms with Gasteiger partial charge in [-0.15, -0.1) is 0 Å². The summed E-state index contributed by atoms with van der Waals surface area (Å²) in [5.74, 6) is 0. The van der Waals surface area contributed by atoms with Gasteiger partial charge in [-0.25, -0.2) is 0 Å². The number of rotatable bonds is 6. The van der Waals surface area contributed by atoms with E-state index in [1.165, 1.54) is 12.8 Å². The van der Waals surface area contributed by atoms with Crippen molar-refractivity contribution in [1.82, 2.24) is 10.2 Å². The van der Waals surface area contributed by atoms with Gasteiger partial charge in [0.25, 0.3) is 0 Å². The van der Waals surface area contributed by atoms with Crippen molar-refractivity contribution in [3.05, 3.63) is 0 Å². The normalized spacial score (nSPS) is 21.9. The van der Waals surface area contributed by atoms with E-state index in [1.54, 1.807) is 0 Å². The minimum Gasteiger partial charge on any atom is -0.301 e. The molecule has 1 saturated carbocycles. The molecule has 2 atom stereocenters. The summed E-state index contributed by atoms with van der Waals surface area (Å²) in [7, 11) is 2.13. The van der Waals surface area contributed by atoms with E-state index in [1.807, 2.05) is 6.92 Å². The minimum absolute atomic E-state index is 0.371. The zero-order valence-corrected chi connectivity index (χ0v) is 11.2. The van der Waals surface area contributed by atoms with E-state index in [2.05, 4.69) is 44.1 Å². The third kappa shape index (κ3) is 3.77. The third-order valence-corrected chi connectivity index (χ3v) is 3.56. The highest BCUT2D eigenvalue weighted by Crippen LogP contribution is 2.25. The van der Waals surface area contributed by atoms with Crippen molar-refractivity contribution in [3.8, 4) is 6.07 Å². The molecule has 0 spiro atoms. The molecule has 1 aliphatic carbocycles. The van der Waals surface area contributed by atoms with Crippen LogP contribution in [-0.4, -0.2) is 35.6 Å². The summed E-state index contributed by atoms with van der Waals surface area (Å²) in [4.78, 5) is 2.32. The first-order valence-corrected chi connectivity index (χ1v) is 6.29. The van der Waals surface area contributed by atoms with Crippen LogP contribution in [0.1, 0.15) is 47.0 Å². The van der Waals surface area contributed by atoms with E-state index in [0.29, 0.717) is 18.1 Å². The molecule has 0 saturated heterocycles. The Morgan fingerprint density at radius 1 is 1.44 bits per heavy atom. The Bertz CT molecular complexity index is 265. The predicted molar refractivity (Wildman–Crippen MR) is 67.2 cm³/mol. The maximum absolute atomic E-state index is 9.30. The van der Waals surface area contributed by atoms with E-state index < -0.39 is 0 Å². The highest BCUT2D eigenvalue weighted by atomic mass is 15.2. The van der Waals surface area contributed by atoms with Gasteiger partial charge in [0, 0.05) is 18.1 Å². The van der Waals surface area contributed by atoms with Gasteiger partial charge in [-0.1, -0.05) is 0 Å². The predicted octanol–water partition coefficient (Wildman–Crippen LogP) is 2.14. The fourth-order valence-corrected chi connectivity index (χ4v) is 2.06. The molecule has 0 aromatic heterocycles. The number of nitriles is 1. The van der Waals surface area contributed by atoms with Crippen LogP contribution in [-0.2, 0) is 0 Å². The van der Waals surface area contributed by atoms with Crippen LogP contribution >= 0.6 is 0 Å². The molecule has 1 aliphatic rings. The topological polar surface area (TPSA) is 39.1 Å². The lowest BCUT2D eigenvalue weighted by Crippen LogP contribution is -2.48. The fraction of sp³-hybridized carbons (Fsp3) is 0.923. The minimum atomic E-state index is -0.371. The van der Waals surface area contributed by atoms with Crippen molar-refractivity contribution in [2.75, 3.05) is 7.05 Å². The lowest BCUT2D eigenvalue weighted by atomic mass is 9.94. The maximum Gasteiger partial charge on any atom is 0.105 e. The Kier molecular flexibility index (Phi) is 4.35. The standard InChI is InChI=1S/C13H25N3/c1-10(2)16(5)11(3)8-13(4,9-14)15-12-6-7-12/h10-12,15H,6-8H2,1-5H3. The molecular weight excluding hydrogens is 198 g/mol. The van der Waals surface area contributed by atoms with Gasteiger partial charge < -0.3 is 4.90 Å². The van der Waals surface area contributed by atoms with Gasteiger partial charge in [0.05, 0.1) is 6.07 Å². The zero-order chi connectivity index (χ0) is 12.3. The number of hydrogen-bond donors (Lipinski definition) is 1. The highest BCUT2D eigenvalue weighted by Gasteiger charge is 2.34. The van der Waals surface area contributed by atoms with Crippen LogP contribution < -0.4 is 5.32 Å². The van der Waals surface area contributed by atoms with Gasteiger partial charge in [0.15, 0.2) is 0 Å². The Balaban J connectivity index is 2.51. The molecule has 1 N–H and O–H groups in total. The van der Waals surface area contributed by atoms with Crippen molar-refractivity contribution in [1.29, 1.82) is 5.26 Å². The van der Waals surface area contributed by atoms with Crippen LogP contribution in [0, 0.1) is 11.3 Å². The average molecular weight is 223 g/mol. The second-order valence-corrected chi connectivity index (χ2v) is 5.67. The molecule has 0 heterocycles. The lowest BCUT2D eigenvalue weighted by Gasteiger charge is -2.34. The zero-order valence-electron chi connectivity index (χ0n) is 11.2. The average Bonchev–Trinajstić information content (AvgIpc) is 3.00. The first kappa shape index (κ1) is 13.5. The first-order chi connectivity index (χ1) is 7.38. The van der Waals surface area contributed by atoms with Gasteiger partial charge >= 0.3 is 0 Å². The van der Waals surface area contributed by atoms with Crippen molar-refractivity contribution >= 4 is 0 Å². The van der Waals surface area contributed by atoms with Crippen LogP contribution in [0.5, 0.6) is 0 Å². The maximum atomic E-state index is 9.30. The van der Waals surface area contributed by atoms with Gasteiger partial charge in [-0.2, -0.15) is 5.26 Å². The molecule has 0 bridgehead atoms. The monoisotopic (exact) mass is 223 g/mol. The van der Waals surface area contributed by atoms with E-state index >= 15 is 0 Å². The Morgan fingerprint density at radius 2 is 2.00 bits per heavy atom. The van der Waals surface area contributed by atoms with Crippen LogP contribution in [0.15, 0.2) is 0 Å². The summed E-state index contributed by atoms with van der Waals surface area (Å²) in [5.41, 5.74) is -0.371. The summed E-state index contributed by atoms with van der Waals surface area (Å²) in [6, 6.07) is 3.97. The highest BCUT2D eigenvalue weighted by molar-refractivity contribution is 5.08. The van der Waals surface area contributed by atoms with Crippen LogP contribution in [0.3, 0.4) is 0 Å². The second-order valence-electron chi connectivity index (χ2n) is 5.67. The van der Waals surface area contributed by atoms with Gasteiger partial charge in [-0.05, 0) is 54.0 Å². The molecule has 0 radical (unpaired) electrons. The summed E-state index contributed by atoms with van der Waals surface area (Å²) in [6.07, 6.45) is 3.34. The molecule has 0 aromatic rings. The van der Waals surface area contributed by atoms with E-state index in [-0.39, 0.29) is 5.54 Å². The molecule has 1 fully saturated rings. The van der Waals surface area contributed by atoms with Crippen molar-refractivity contribution < 1.29 is 0 Å². The van der Waals surface area contributed by atoms with Crippen molar-refractivity contribution in [2.45, 2.75) is 70.6 Å². The SMILES string of the molecule is CC(C)N(C)C(C)CC(C)(C#N)NC1CC1. The van der Waals surface area contributed by atoms with Crippen LogP contribution in [0.25, 0.3) is 0 Å². The quantitative estimate of drug-likeness (QED) is 0.750. The Hall–Kier alpha value is -0.590. The fourth-order valence-electron chi connectivity index (χ4n) is 2.06. The molecule has 3 heteroatoms. The summed E-state index contributed by atoms with van der Waals surface area (Å²) in [6.45, 7) is 8.60. The summed E-state index contributed by atoms with van der Waals surface area (Å²) < 4.78 is 0. The molecule has 3 nitrogen and oxygen atoms in total. The van der Waals surface area contributed by atoms with Crippen LogP contribution in [0.4, 0.5) is 0 Å². The number of hydrogen-bond acceptors (Lipinski definition) is 3. The molecule has 16 heavy (non-hydrogen) atoms. The van der Waals surface area contributed by atoms with E-state index in [9.17, 15) is 5.26 Å². The van der Waals surface area contributed by atoms with E-state index in [4.69, 9.17) is 0 Å². The molecule has 0 amide bonds. The van der Waals surface area contributed by atoms with Crippen molar-refractivity contribution in [2.24, 2.45) is 0 Å². The van der Waals surface area contributed by atoms with Gasteiger partial charge in [0.2, 0.25) is 0 Å².